The average Bonchev–Trinajstić information content (AvgIpc) is 2.92. The van der Waals surface area contributed by atoms with Gasteiger partial charge in [0.1, 0.15) is 5.54 Å². The van der Waals surface area contributed by atoms with Crippen LogP contribution in [0.4, 0.5) is 9.59 Å². The summed E-state index contributed by atoms with van der Waals surface area (Å²) in [5, 5.41) is 15.6. The average molecular weight is 227 g/mol. The third kappa shape index (κ3) is 1.48. The van der Waals surface area contributed by atoms with Crippen LogP contribution in [-0.4, -0.2) is 34.7 Å². The van der Waals surface area contributed by atoms with Crippen molar-refractivity contribution in [3.8, 4) is 0 Å². The number of hydrogen-bond donors (Lipinski definition) is 4. The summed E-state index contributed by atoms with van der Waals surface area (Å²) < 4.78 is 0. The van der Waals surface area contributed by atoms with Crippen LogP contribution in [-0.2, 0) is 4.79 Å². The highest BCUT2D eigenvalue weighted by Gasteiger charge is 2.59. The molecule has 2 rings (SSSR count). The van der Waals surface area contributed by atoms with Crippen molar-refractivity contribution in [2.24, 2.45) is 5.92 Å². The summed E-state index contributed by atoms with van der Waals surface area (Å²) in [6, 6.07) is -1.21. The van der Waals surface area contributed by atoms with Gasteiger partial charge in [0, 0.05) is 0 Å². The summed E-state index contributed by atoms with van der Waals surface area (Å²) in [5.41, 5.74) is -1.12. The lowest BCUT2D eigenvalue weighted by molar-refractivity contribution is -0.125. The van der Waals surface area contributed by atoms with Gasteiger partial charge in [0.2, 0.25) is 0 Å². The van der Waals surface area contributed by atoms with Crippen LogP contribution in [0.1, 0.15) is 19.8 Å². The van der Waals surface area contributed by atoms with Gasteiger partial charge in [-0.15, -0.1) is 0 Å². The summed E-state index contributed by atoms with van der Waals surface area (Å²) in [6.45, 7) is 1.58. The smallest absolute Gasteiger partial charge is 0.404 e. The molecule has 7 nitrogen and oxygen atoms in total. The molecule has 2 aliphatic rings. The molecule has 0 bridgehead atoms. The second-order valence-corrected chi connectivity index (χ2v) is 4.22. The van der Waals surface area contributed by atoms with Gasteiger partial charge in [0.15, 0.2) is 0 Å². The van der Waals surface area contributed by atoms with Gasteiger partial charge in [-0.25, -0.2) is 9.59 Å². The summed E-state index contributed by atoms with van der Waals surface area (Å²) in [5.74, 6) is -0.429. The highest BCUT2D eigenvalue weighted by molar-refractivity contribution is 6.08. The third-order valence-electron chi connectivity index (χ3n) is 3.17. The van der Waals surface area contributed by atoms with Crippen molar-refractivity contribution >= 4 is 18.0 Å². The lowest BCUT2D eigenvalue weighted by Crippen LogP contribution is -2.62. The number of nitrogens with one attached hydrogen (secondary N) is 3. The summed E-state index contributed by atoms with van der Waals surface area (Å²) >= 11 is 0. The Morgan fingerprint density at radius 3 is 2.56 bits per heavy atom. The minimum atomic E-state index is -1.21. The zero-order valence-electron chi connectivity index (χ0n) is 8.74. The van der Waals surface area contributed by atoms with Gasteiger partial charge < -0.3 is 15.7 Å². The van der Waals surface area contributed by atoms with Crippen LogP contribution in [0.2, 0.25) is 0 Å². The Labute approximate surface area is 91.6 Å². The quantitative estimate of drug-likeness (QED) is 0.493. The molecule has 16 heavy (non-hydrogen) atoms. The Bertz CT molecular complexity index is 366. The Morgan fingerprint density at radius 1 is 1.56 bits per heavy atom. The number of rotatable bonds is 3. The van der Waals surface area contributed by atoms with Gasteiger partial charge >= 0.3 is 12.1 Å². The summed E-state index contributed by atoms with van der Waals surface area (Å²) in [6.07, 6.45) is 0.431. The van der Waals surface area contributed by atoms with Crippen LogP contribution in [0.5, 0.6) is 0 Å². The largest absolute Gasteiger partial charge is 0.465 e. The Balaban J connectivity index is 2.25. The number of carboxylic acid groups (broad SMARTS) is 1. The number of hydrogen-bond acceptors (Lipinski definition) is 3. The molecule has 0 aromatic rings. The minimum Gasteiger partial charge on any atom is -0.465 e. The molecule has 4 amide bonds. The summed E-state index contributed by atoms with van der Waals surface area (Å²) in [7, 11) is 0. The van der Waals surface area contributed by atoms with E-state index in [-0.39, 0.29) is 5.92 Å². The molecule has 1 aliphatic heterocycles. The van der Waals surface area contributed by atoms with Crippen LogP contribution in [0.3, 0.4) is 0 Å². The molecule has 0 aromatic heterocycles. The fourth-order valence-electron chi connectivity index (χ4n) is 2.27. The lowest BCUT2D eigenvalue weighted by Gasteiger charge is -2.32. The van der Waals surface area contributed by atoms with Crippen LogP contribution < -0.4 is 16.0 Å². The fraction of sp³-hybridized carbons (Fsp3) is 0.667. The van der Waals surface area contributed by atoms with Crippen molar-refractivity contribution in [3.05, 3.63) is 0 Å². The molecule has 88 valence electrons. The van der Waals surface area contributed by atoms with Gasteiger partial charge in [-0.2, -0.15) is 0 Å². The van der Waals surface area contributed by atoms with Crippen LogP contribution in [0, 0.1) is 5.92 Å². The van der Waals surface area contributed by atoms with Crippen molar-refractivity contribution in [2.45, 2.75) is 31.3 Å². The lowest BCUT2D eigenvalue weighted by atomic mass is 9.86. The number of imide groups is 1. The van der Waals surface area contributed by atoms with Crippen molar-refractivity contribution in [1.29, 1.82) is 0 Å². The van der Waals surface area contributed by atoms with Crippen molar-refractivity contribution in [2.75, 3.05) is 0 Å². The molecular formula is C9H13N3O4. The van der Waals surface area contributed by atoms with Crippen LogP contribution >= 0.6 is 0 Å². The van der Waals surface area contributed by atoms with E-state index >= 15 is 0 Å². The van der Waals surface area contributed by atoms with Gasteiger partial charge in [-0.3, -0.25) is 10.1 Å². The first kappa shape index (κ1) is 10.7. The van der Waals surface area contributed by atoms with E-state index in [4.69, 9.17) is 5.11 Å². The monoisotopic (exact) mass is 227 g/mol. The van der Waals surface area contributed by atoms with Gasteiger partial charge in [-0.1, -0.05) is 0 Å². The molecule has 0 aromatic carbocycles. The van der Waals surface area contributed by atoms with Crippen molar-refractivity contribution in [3.63, 3.8) is 0 Å². The standard InChI is InChI=1S/C9H13N3O4/c1-4(10-8(15)16)9(5-2-3-5)6(13)11-7(14)12-9/h4-5,10H,2-3H2,1H3,(H,15,16)(H2,11,12,13,14)/t4-,9?/m0/s1. The van der Waals surface area contributed by atoms with Crippen LogP contribution in [0.25, 0.3) is 0 Å². The third-order valence-corrected chi connectivity index (χ3v) is 3.17. The highest BCUT2D eigenvalue weighted by Crippen LogP contribution is 2.43. The zero-order chi connectivity index (χ0) is 11.9. The predicted octanol–water partition coefficient (Wildman–Crippen LogP) is -0.369. The Morgan fingerprint density at radius 2 is 2.19 bits per heavy atom. The maximum atomic E-state index is 11.8. The van der Waals surface area contributed by atoms with Crippen LogP contribution in [0.15, 0.2) is 0 Å². The first-order valence-corrected chi connectivity index (χ1v) is 5.10. The van der Waals surface area contributed by atoms with E-state index in [0.717, 1.165) is 12.8 Å². The van der Waals surface area contributed by atoms with E-state index in [1.54, 1.807) is 6.92 Å². The SMILES string of the molecule is C[C@H](NC(=O)O)C1(C2CC2)NC(=O)NC1=O. The van der Waals surface area contributed by atoms with Crippen molar-refractivity contribution in [1.82, 2.24) is 16.0 Å². The fourth-order valence-corrected chi connectivity index (χ4v) is 2.27. The molecular weight excluding hydrogens is 214 g/mol. The molecule has 1 saturated heterocycles. The van der Waals surface area contributed by atoms with Gasteiger partial charge in [-0.05, 0) is 25.7 Å². The van der Waals surface area contributed by atoms with Crippen molar-refractivity contribution < 1.29 is 19.5 Å². The normalized spacial score (nSPS) is 30.6. The Hall–Kier alpha value is -1.79. The molecule has 1 aliphatic carbocycles. The molecule has 2 fully saturated rings. The number of carbonyl (C=O) groups is 3. The maximum Gasteiger partial charge on any atom is 0.404 e. The maximum absolute atomic E-state index is 11.8. The first-order chi connectivity index (χ1) is 7.46. The molecule has 2 atom stereocenters. The number of carbonyl (C=O) groups excluding carboxylic acids is 2. The number of amides is 4. The highest BCUT2D eigenvalue weighted by atomic mass is 16.4. The minimum absolute atomic E-state index is 0.0146. The molecule has 0 radical (unpaired) electrons. The van der Waals surface area contributed by atoms with E-state index in [2.05, 4.69) is 16.0 Å². The Kier molecular flexibility index (Phi) is 2.25. The van der Waals surface area contributed by atoms with E-state index in [1.807, 2.05) is 0 Å². The van der Waals surface area contributed by atoms with E-state index in [1.165, 1.54) is 0 Å². The first-order valence-electron chi connectivity index (χ1n) is 5.10. The summed E-state index contributed by atoms with van der Waals surface area (Å²) in [4.78, 5) is 33.5. The molecule has 1 unspecified atom stereocenters. The molecule has 4 N–H and O–H groups in total. The number of urea groups is 1. The zero-order valence-corrected chi connectivity index (χ0v) is 8.74. The topological polar surface area (TPSA) is 108 Å². The second kappa shape index (κ2) is 3.36. The van der Waals surface area contributed by atoms with Gasteiger partial charge in [0.05, 0.1) is 6.04 Å². The molecule has 7 heteroatoms. The predicted molar refractivity (Wildman–Crippen MR) is 52.8 cm³/mol. The van der Waals surface area contributed by atoms with E-state index < -0.39 is 29.6 Å². The van der Waals surface area contributed by atoms with E-state index in [0.29, 0.717) is 0 Å². The molecule has 0 spiro atoms. The molecule has 1 saturated carbocycles. The second-order valence-electron chi connectivity index (χ2n) is 4.22. The molecule has 1 heterocycles. The van der Waals surface area contributed by atoms with Gasteiger partial charge in [0.25, 0.3) is 5.91 Å². The van der Waals surface area contributed by atoms with E-state index in [9.17, 15) is 14.4 Å².